The minimum atomic E-state index is -0.147. The SMILES string of the molecule is CC(C)CCCOCCCCC(C)(CO)NC(C)C. The average Bonchev–Trinajstić information content (AvgIpc) is 2.31. The van der Waals surface area contributed by atoms with Gasteiger partial charge in [-0.05, 0) is 44.9 Å². The van der Waals surface area contributed by atoms with Gasteiger partial charge in [0.15, 0.2) is 0 Å². The molecule has 1 atom stereocenters. The summed E-state index contributed by atoms with van der Waals surface area (Å²) in [5, 5.41) is 12.9. The van der Waals surface area contributed by atoms with Crippen molar-refractivity contribution >= 4 is 0 Å². The molecule has 1 unspecified atom stereocenters. The third-order valence-electron chi connectivity index (χ3n) is 3.32. The van der Waals surface area contributed by atoms with E-state index in [-0.39, 0.29) is 12.1 Å². The topological polar surface area (TPSA) is 41.5 Å². The van der Waals surface area contributed by atoms with Crippen LogP contribution in [0, 0.1) is 5.92 Å². The first-order valence-electron chi connectivity index (χ1n) is 7.86. The van der Waals surface area contributed by atoms with Gasteiger partial charge in [0.05, 0.1) is 6.61 Å². The Hall–Kier alpha value is -0.120. The second-order valence-electron chi connectivity index (χ2n) is 6.62. The number of rotatable bonds is 12. The lowest BCUT2D eigenvalue weighted by atomic mass is 9.95. The molecule has 0 radical (unpaired) electrons. The quantitative estimate of drug-likeness (QED) is 0.536. The second-order valence-corrected chi connectivity index (χ2v) is 6.62. The summed E-state index contributed by atoms with van der Waals surface area (Å²) in [6, 6.07) is 0.407. The molecule has 0 amide bonds. The van der Waals surface area contributed by atoms with E-state index in [9.17, 15) is 5.11 Å². The van der Waals surface area contributed by atoms with E-state index in [1.54, 1.807) is 0 Å². The van der Waals surface area contributed by atoms with E-state index in [0.29, 0.717) is 6.04 Å². The molecule has 0 aliphatic heterocycles. The van der Waals surface area contributed by atoms with Crippen LogP contribution in [0.1, 0.15) is 66.7 Å². The first-order chi connectivity index (χ1) is 8.89. The number of nitrogens with one attached hydrogen (secondary N) is 1. The van der Waals surface area contributed by atoms with E-state index in [0.717, 1.165) is 38.4 Å². The molecule has 0 bridgehead atoms. The maximum absolute atomic E-state index is 9.47. The van der Waals surface area contributed by atoms with Gasteiger partial charge in [0.25, 0.3) is 0 Å². The highest BCUT2D eigenvalue weighted by molar-refractivity contribution is 4.83. The molecule has 0 heterocycles. The first kappa shape index (κ1) is 18.9. The van der Waals surface area contributed by atoms with Gasteiger partial charge in [-0.2, -0.15) is 0 Å². The van der Waals surface area contributed by atoms with Crippen molar-refractivity contribution in [2.24, 2.45) is 5.92 Å². The summed E-state index contributed by atoms with van der Waals surface area (Å²) in [5.41, 5.74) is -0.147. The summed E-state index contributed by atoms with van der Waals surface area (Å²) >= 11 is 0. The minimum absolute atomic E-state index is 0.147. The summed E-state index contributed by atoms with van der Waals surface area (Å²) in [6.07, 6.45) is 5.59. The third-order valence-corrected chi connectivity index (χ3v) is 3.32. The van der Waals surface area contributed by atoms with Crippen LogP contribution in [0.15, 0.2) is 0 Å². The second kappa shape index (κ2) is 10.6. The maximum atomic E-state index is 9.47. The van der Waals surface area contributed by atoms with Gasteiger partial charge in [-0.3, -0.25) is 0 Å². The zero-order valence-corrected chi connectivity index (χ0v) is 13.7. The zero-order chi connectivity index (χ0) is 14.7. The van der Waals surface area contributed by atoms with Gasteiger partial charge in [0, 0.05) is 24.8 Å². The highest BCUT2D eigenvalue weighted by atomic mass is 16.5. The van der Waals surface area contributed by atoms with E-state index in [1.807, 2.05) is 0 Å². The van der Waals surface area contributed by atoms with Crippen LogP contribution in [0.4, 0.5) is 0 Å². The van der Waals surface area contributed by atoms with Crippen LogP contribution in [0.2, 0.25) is 0 Å². The number of hydrogen-bond acceptors (Lipinski definition) is 3. The fourth-order valence-electron chi connectivity index (χ4n) is 2.31. The van der Waals surface area contributed by atoms with Gasteiger partial charge in [0.2, 0.25) is 0 Å². The number of aliphatic hydroxyl groups excluding tert-OH is 1. The molecular weight excluding hydrogens is 238 g/mol. The molecule has 2 N–H and O–H groups in total. The Bertz CT molecular complexity index is 207. The molecule has 0 saturated carbocycles. The smallest absolute Gasteiger partial charge is 0.0610 e. The molecule has 19 heavy (non-hydrogen) atoms. The molecule has 0 aliphatic carbocycles. The van der Waals surface area contributed by atoms with Gasteiger partial charge < -0.3 is 15.2 Å². The number of hydrogen-bond donors (Lipinski definition) is 2. The van der Waals surface area contributed by atoms with Crippen LogP contribution in [-0.4, -0.2) is 36.5 Å². The van der Waals surface area contributed by atoms with E-state index >= 15 is 0 Å². The first-order valence-corrected chi connectivity index (χ1v) is 7.86. The molecule has 0 saturated heterocycles. The van der Waals surface area contributed by atoms with Crippen LogP contribution in [0.3, 0.4) is 0 Å². The van der Waals surface area contributed by atoms with Crippen molar-refractivity contribution in [3.63, 3.8) is 0 Å². The van der Waals surface area contributed by atoms with Crippen LogP contribution in [0.5, 0.6) is 0 Å². The normalized spacial score (nSPS) is 15.2. The van der Waals surface area contributed by atoms with Crippen LogP contribution >= 0.6 is 0 Å². The number of aliphatic hydroxyl groups is 1. The van der Waals surface area contributed by atoms with Crippen LogP contribution in [-0.2, 0) is 4.74 Å². The fourth-order valence-corrected chi connectivity index (χ4v) is 2.31. The van der Waals surface area contributed by atoms with Gasteiger partial charge >= 0.3 is 0 Å². The van der Waals surface area contributed by atoms with Crippen molar-refractivity contribution in [1.82, 2.24) is 5.32 Å². The Morgan fingerprint density at radius 3 is 2.21 bits per heavy atom. The molecule has 0 fully saturated rings. The Balaban J connectivity index is 3.51. The monoisotopic (exact) mass is 273 g/mol. The molecule has 0 aromatic carbocycles. The van der Waals surface area contributed by atoms with Crippen LogP contribution < -0.4 is 5.32 Å². The van der Waals surface area contributed by atoms with E-state index in [2.05, 4.69) is 39.9 Å². The molecule has 0 spiro atoms. The van der Waals surface area contributed by atoms with Crippen molar-refractivity contribution in [1.29, 1.82) is 0 Å². The zero-order valence-electron chi connectivity index (χ0n) is 13.7. The lowest BCUT2D eigenvalue weighted by Gasteiger charge is -2.31. The predicted octanol–water partition coefficient (Wildman–Crippen LogP) is 3.36. The molecule has 3 nitrogen and oxygen atoms in total. The lowest BCUT2D eigenvalue weighted by molar-refractivity contribution is 0.115. The predicted molar refractivity (Wildman–Crippen MR) is 82.5 cm³/mol. The van der Waals surface area contributed by atoms with Crippen molar-refractivity contribution in [2.45, 2.75) is 78.3 Å². The summed E-state index contributed by atoms with van der Waals surface area (Å²) in [5.74, 6) is 0.774. The molecule has 3 heteroatoms. The average molecular weight is 273 g/mol. The Morgan fingerprint density at radius 2 is 1.68 bits per heavy atom. The lowest BCUT2D eigenvalue weighted by Crippen LogP contribution is -2.49. The molecule has 0 aromatic heterocycles. The van der Waals surface area contributed by atoms with E-state index < -0.39 is 0 Å². The van der Waals surface area contributed by atoms with Gasteiger partial charge in [0.1, 0.15) is 0 Å². The van der Waals surface area contributed by atoms with Crippen molar-refractivity contribution in [2.75, 3.05) is 19.8 Å². The summed E-state index contributed by atoms with van der Waals surface area (Å²) in [7, 11) is 0. The van der Waals surface area contributed by atoms with E-state index in [4.69, 9.17) is 4.74 Å². The van der Waals surface area contributed by atoms with Crippen molar-refractivity contribution in [3.8, 4) is 0 Å². The molecule has 0 aliphatic rings. The largest absolute Gasteiger partial charge is 0.394 e. The summed E-state index contributed by atoms with van der Waals surface area (Å²) in [4.78, 5) is 0. The highest BCUT2D eigenvalue weighted by Gasteiger charge is 2.22. The van der Waals surface area contributed by atoms with Crippen LogP contribution in [0.25, 0.3) is 0 Å². The van der Waals surface area contributed by atoms with E-state index in [1.165, 1.54) is 12.8 Å². The van der Waals surface area contributed by atoms with Crippen molar-refractivity contribution in [3.05, 3.63) is 0 Å². The molecule has 0 rings (SSSR count). The Kier molecular flexibility index (Phi) is 10.6. The summed E-state index contributed by atoms with van der Waals surface area (Å²) < 4.78 is 5.63. The minimum Gasteiger partial charge on any atom is -0.394 e. The Morgan fingerprint density at radius 1 is 1.05 bits per heavy atom. The summed E-state index contributed by atoms with van der Waals surface area (Å²) in [6.45, 7) is 12.8. The van der Waals surface area contributed by atoms with Gasteiger partial charge in [-0.25, -0.2) is 0 Å². The maximum Gasteiger partial charge on any atom is 0.0610 e. The van der Waals surface area contributed by atoms with Gasteiger partial charge in [-0.1, -0.05) is 27.7 Å². The molecule has 0 aromatic rings. The Labute approximate surface area is 120 Å². The van der Waals surface area contributed by atoms with Crippen molar-refractivity contribution < 1.29 is 9.84 Å². The third kappa shape index (κ3) is 11.4. The number of unbranched alkanes of at least 4 members (excludes halogenated alkanes) is 1. The highest BCUT2D eigenvalue weighted by Crippen LogP contribution is 2.14. The molecular formula is C16H35NO2. The fraction of sp³-hybridized carbons (Fsp3) is 1.00. The standard InChI is InChI=1S/C16H35NO2/c1-14(2)9-8-12-19-11-7-6-10-16(5,13-18)17-15(3)4/h14-15,17-18H,6-13H2,1-5H3. The van der Waals surface area contributed by atoms with Gasteiger partial charge in [-0.15, -0.1) is 0 Å². The number of ether oxygens (including phenoxy) is 1. The molecule has 116 valence electrons.